The molecule has 1 amide bonds. The van der Waals surface area contributed by atoms with Crippen molar-refractivity contribution in [2.24, 2.45) is 0 Å². The van der Waals surface area contributed by atoms with Gasteiger partial charge in [0, 0.05) is 18.1 Å². The third-order valence-corrected chi connectivity index (χ3v) is 5.00. The molecule has 7 heteroatoms. The number of aromatic nitrogens is 2. The van der Waals surface area contributed by atoms with Gasteiger partial charge in [-0.3, -0.25) is 14.3 Å². The van der Waals surface area contributed by atoms with Crippen LogP contribution >= 0.6 is 23.6 Å². The van der Waals surface area contributed by atoms with Crippen molar-refractivity contribution in [3.63, 3.8) is 0 Å². The van der Waals surface area contributed by atoms with Crippen LogP contribution < -0.4 is 10.6 Å². The van der Waals surface area contributed by atoms with Gasteiger partial charge in [0.15, 0.2) is 3.95 Å². The van der Waals surface area contributed by atoms with Gasteiger partial charge in [-0.1, -0.05) is 29.5 Å². The number of nitrogens with zero attached hydrogens (tertiary/aromatic N) is 2. The van der Waals surface area contributed by atoms with Crippen LogP contribution in [0.5, 0.6) is 0 Å². The summed E-state index contributed by atoms with van der Waals surface area (Å²) in [5, 5.41) is 6.33. The van der Waals surface area contributed by atoms with Crippen LogP contribution in [0.15, 0.2) is 54.9 Å². The van der Waals surface area contributed by atoms with Crippen molar-refractivity contribution in [3.8, 4) is 5.69 Å². The molecule has 1 aromatic carbocycles. The molecule has 0 aliphatic carbocycles. The first-order valence-corrected chi connectivity index (χ1v) is 8.25. The molecule has 0 spiro atoms. The minimum Gasteiger partial charge on any atom is -0.346 e. The van der Waals surface area contributed by atoms with Gasteiger partial charge in [-0.25, -0.2) is 0 Å². The highest BCUT2D eigenvalue weighted by Gasteiger charge is 2.29. The number of benzene rings is 1. The second kappa shape index (κ2) is 5.60. The van der Waals surface area contributed by atoms with Crippen molar-refractivity contribution in [3.05, 3.63) is 69.3 Å². The van der Waals surface area contributed by atoms with E-state index in [1.165, 1.54) is 11.3 Å². The van der Waals surface area contributed by atoms with E-state index in [2.05, 4.69) is 15.6 Å². The zero-order valence-corrected chi connectivity index (χ0v) is 13.5. The van der Waals surface area contributed by atoms with E-state index in [0.717, 1.165) is 17.1 Å². The predicted molar refractivity (Wildman–Crippen MR) is 92.5 cm³/mol. The molecule has 0 radical (unpaired) electrons. The van der Waals surface area contributed by atoms with Crippen LogP contribution in [0.1, 0.15) is 21.4 Å². The smallest absolute Gasteiger partial charge is 0.267 e. The number of amides is 1. The van der Waals surface area contributed by atoms with E-state index in [0.29, 0.717) is 8.83 Å². The van der Waals surface area contributed by atoms with Crippen LogP contribution in [0.25, 0.3) is 5.69 Å². The zero-order valence-electron chi connectivity index (χ0n) is 11.9. The van der Waals surface area contributed by atoms with Gasteiger partial charge in [0.25, 0.3) is 5.91 Å². The van der Waals surface area contributed by atoms with Gasteiger partial charge in [-0.05, 0) is 42.0 Å². The molecule has 3 heterocycles. The molecule has 23 heavy (non-hydrogen) atoms. The Morgan fingerprint density at radius 1 is 1.09 bits per heavy atom. The minimum atomic E-state index is -0.308. The first-order chi connectivity index (χ1) is 11.2. The fourth-order valence-corrected chi connectivity index (χ4v) is 3.87. The topological polar surface area (TPSA) is 59.0 Å². The summed E-state index contributed by atoms with van der Waals surface area (Å²) in [6.07, 6.45) is 3.10. The molecule has 0 saturated heterocycles. The summed E-state index contributed by atoms with van der Waals surface area (Å²) in [4.78, 5) is 17.1. The number of pyridine rings is 1. The Kier molecular flexibility index (Phi) is 3.44. The van der Waals surface area contributed by atoms with Crippen LogP contribution in [-0.4, -0.2) is 15.5 Å². The number of hydrogen-bond donors (Lipinski definition) is 2. The van der Waals surface area contributed by atoms with Crippen LogP contribution in [-0.2, 0) is 0 Å². The molecule has 2 N–H and O–H groups in total. The summed E-state index contributed by atoms with van der Waals surface area (Å²) >= 11 is 6.77. The molecule has 1 aliphatic heterocycles. The van der Waals surface area contributed by atoms with E-state index < -0.39 is 0 Å². The lowest BCUT2D eigenvalue weighted by Crippen LogP contribution is -2.38. The lowest BCUT2D eigenvalue weighted by atomic mass is 10.2. The molecule has 0 fully saturated rings. The highest BCUT2D eigenvalue weighted by atomic mass is 32.1. The minimum absolute atomic E-state index is 0.119. The third-order valence-electron chi connectivity index (χ3n) is 3.63. The molecule has 4 rings (SSSR count). The van der Waals surface area contributed by atoms with Crippen molar-refractivity contribution in [1.82, 2.24) is 14.9 Å². The van der Waals surface area contributed by atoms with Crippen molar-refractivity contribution >= 4 is 35.3 Å². The molecular weight excluding hydrogens is 328 g/mol. The number of para-hydroxylation sites is 1. The number of hydrogen-bond acceptors (Lipinski definition) is 5. The quantitative estimate of drug-likeness (QED) is 0.701. The van der Waals surface area contributed by atoms with Crippen LogP contribution in [0, 0.1) is 3.95 Å². The van der Waals surface area contributed by atoms with Crippen molar-refractivity contribution in [2.75, 3.05) is 5.32 Å². The number of anilines is 1. The molecule has 5 nitrogen and oxygen atoms in total. The molecule has 1 aliphatic rings. The number of fused-ring (bicyclic) bond motifs is 1. The summed E-state index contributed by atoms with van der Waals surface area (Å²) in [6.45, 7) is 0. The highest BCUT2D eigenvalue weighted by molar-refractivity contribution is 7.73. The Morgan fingerprint density at radius 2 is 1.83 bits per heavy atom. The first kappa shape index (κ1) is 14.1. The predicted octanol–water partition coefficient (Wildman–Crippen LogP) is 3.52. The summed E-state index contributed by atoms with van der Waals surface area (Å²) in [7, 11) is 0. The lowest BCUT2D eigenvalue weighted by Gasteiger charge is -2.27. The second-order valence-electron chi connectivity index (χ2n) is 5.05. The van der Waals surface area contributed by atoms with E-state index in [1.807, 2.05) is 47.0 Å². The maximum absolute atomic E-state index is 12.5. The van der Waals surface area contributed by atoms with Crippen molar-refractivity contribution < 1.29 is 4.79 Å². The van der Waals surface area contributed by atoms with Gasteiger partial charge in [-0.15, -0.1) is 0 Å². The average molecular weight is 340 g/mol. The Hall–Kier alpha value is -2.51. The fraction of sp³-hybridized carbons (Fsp3) is 0.0625. The van der Waals surface area contributed by atoms with Crippen molar-refractivity contribution in [2.45, 2.75) is 6.17 Å². The molecule has 0 saturated carbocycles. The Morgan fingerprint density at radius 3 is 2.57 bits per heavy atom. The number of rotatable bonds is 2. The summed E-state index contributed by atoms with van der Waals surface area (Å²) in [5.74, 6) is 0.614. The van der Waals surface area contributed by atoms with Crippen molar-refractivity contribution in [1.29, 1.82) is 0 Å². The molecule has 114 valence electrons. The summed E-state index contributed by atoms with van der Waals surface area (Å²) in [5.41, 5.74) is 1.88. The van der Waals surface area contributed by atoms with Gasteiger partial charge in [0.05, 0.1) is 0 Å². The zero-order chi connectivity index (χ0) is 15.8. The summed E-state index contributed by atoms with van der Waals surface area (Å²) < 4.78 is 2.54. The van der Waals surface area contributed by atoms with E-state index in [-0.39, 0.29) is 12.1 Å². The number of thiazole rings is 1. The van der Waals surface area contributed by atoms with E-state index in [4.69, 9.17) is 12.2 Å². The number of carbonyl (C=O) groups is 1. The van der Waals surface area contributed by atoms with E-state index >= 15 is 0 Å². The molecule has 1 atom stereocenters. The molecule has 0 bridgehead atoms. The SMILES string of the molecule is O=C1N[C@H](c2ccncc2)Nc2c1sc(=S)n2-c1ccccc1. The second-order valence-corrected chi connectivity index (χ2v) is 6.69. The van der Waals surface area contributed by atoms with Crippen LogP contribution in [0.3, 0.4) is 0 Å². The van der Waals surface area contributed by atoms with Gasteiger partial charge in [0.1, 0.15) is 16.9 Å². The Labute approximate surface area is 141 Å². The lowest BCUT2D eigenvalue weighted by molar-refractivity contribution is 0.0939. The molecule has 2 aromatic heterocycles. The number of nitrogens with one attached hydrogen (secondary N) is 2. The third kappa shape index (κ3) is 2.43. The average Bonchev–Trinajstić information content (AvgIpc) is 2.93. The normalized spacial score (nSPS) is 16.3. The van der Waals surface area contributed by atoms with Gasteiger partial charge in [-0.2, -0.15) is 0 Å². The Bertz CT molecular complexity index is 918. The van der Waals surface area contributed by atoms with Gasteiger partial charge < -0.3 is 10.6 Å². The largest absolute Gasteiger partial charge is 0.346 e. The molecular formula is C16H12N4OS2. The van der Waals surface area contributed by atoms with Crippen LogP contribution in [0.4, 0.5) is 5.82 Å². The van der Waals surface area contributed by atoms with Gasteiger partial charge in [0.2, 0.25) is 0 Å². The Balaban J connectivity index is 1.83. The monoisotopic (exact) mass is 340 g/mol. The number of carbonyl (C=O) groups excluding carboxylic acids is 1. The maximum Gasteiger partial charge on any atom is 0.267 e. The van der Waals surface area contributed by atoms with E-state index in [1.54, 1.807) is 12.4 Å². The molecule has 0 unspecified atom stereocenters. The van der Waals surface area contributed by atoms with Crippen LogP contribution in [0.2, 0.25) is 0 Å². The highest BCUT2D eigenvalue weighted by Crippen LogP contribution is 2.34. The fourth-order valence-electron chi connectivity index (χ4n) is 2.56. The summed E-state index contributed by atoms with van der Waals surface area (Å²) in [6, 6.07) is 13.5. The maximum atomic E-state index is 12.5. The van der Waals surface area contributed by atoms with Gasteiger partial charge >= 0.3 is 0 Å². The van der Waals surface area contributed by atoms with E-state index in [9.17, 15) is 4.79 Å². The standard InChI is InChI=1S/C16H12N4OS2/c21-15-12-14(18-13(19-15)10-6-8-17-9-7-10)20(16(22)23-12)11-4-2-1-3-5-11/h1-9,13,18H,(H,19,21)/t13-/m1/s1. The first-order valence-electron chi connectivity index (χ1n) is 7.02. The molecule has 3 aromatic rings.